The monoisotopic (exact) mass is 218 g/mol. The molecule has 1 aliphatic carbocycles. The molecule has 1 aromatic rings. The first-order valence-corrected chi connectivity index (χ1v) is 6.22. The summed E-state index contributed by atoms with van der Waals surface area (Å²) < 4.78 is 0. The Hall–Kier alpha value is -0.820. The second-order valence-corrected chi connectivity index (χ2v) is 6.10. The van der Waals surface area contributed by atoms with Crippen molar-refractivity contribution in [1.82, 2.24) is 0 Å². The first-order valence-electron chi connectivity index (χ1n) is 6.22. The predicted octanol–water partition coefficient (Wildman–Crippen LogP) is 3.65. The van der Waals surface area contributed by atoms with Gasteiger partial charge in [-0.05, 0) is 49.1 Å². The van der Waals surface area contributed by atoms with E-state index < -0.39 is 5.60 Å². The number of rotatable bonds is 0. The molecule has 88 valence electrons. The Kier molecular flexibility index (Phi) is 2.83. The molecule has 1 heteroatoms. The highest BCUT2D eigenvalue weighted by Crippen LogP contribution is 2.39. The fourth-order valence-electron chi connectivity index (χ4n) is 2.58. The van der Waals surface area contributed by atoms with Gasteiger partial charge < -0.3 is 5.11 Å². The van der Waals surface area contributed by atoms with Crippen molar-refractivity contribution in [2.45, 2.75) is 52.1 Å². The zero-order chi connectivity index (χ0) is 11.8. The molecular weight excluding hydrogens is 196 g/mol. The van der Waals surface area contributed by atoms with Gasteiger partial charge in [0, 0.05) is 0 Å². The van der Waals surface area contributed by atoms with Crippen LogP contribution in [0, 0.1) is 5.41 Å². The zero-order valence-electron chi connectivity index (χ0n) is 10.6. The minimum Gasteiger partial charge on any atom is -0.385 e. The molecular formula is C15H22O. The quantitative estimate of drug-likeness (QED) is 0.704. The molecule has 0 spiro atoms. The molecule has 2 rings (SSSR count). The van der Waals surface area contributed by atoms with Gasteiger partial charge in [-0.25, -0.2) is 0 Å². The van der Waals surface area contributed by atoms with Crippen molar-refractivity contribution >= 4 is 0 Å². The smallest absolute Gasteiger partial charge is 0.0871 e. The van der Waals surface area contributed by atoms with Crippen molar-refractivity contribution in [3.63, 3.8) is 0 Å². The van der Waals surface area contributed by atoms with Crippen molar-refractivity contribution in [3.05, 3.63) is 35.4 Å². The van der Waals surface area contributed by atoms with Gasteiger partial charge >= 0.3 is 0 Å². The summed E-state index contributed by atoms with van der Waals surface area (Å²) in [6.45, 7) is 6.56. The largest absolute Gasteiger partial charge is 0.385 e. The van der Waals surface area contributed by atoms with Gasteiger partial charge in [-0.2, -0.15) is 0 Å². The molecule has 0 aliphatic heterocycles. The van der Waals surface area contributed by atoms with Crippen molar-refractivity contribution in [2.75, 3.05) is 0 Å². The molecule has 0 aromatic heterocycles. The zero-order valence-corrected chi connectivity index (χ0v) is 10.6. The Bertz CT molecular complexity index is 377. The molecule has 1 aliphatic rings. The molecule has 0 radical (unpaired) electrons. The average Bonchev–Trinajstić information content (AvgIpc) is 2.24. The summed E-state index contributed by atoms with van der Waals surface area (Å²) in [6, 6.07) is 8.34. The molecule has 1 aromatic carbocycles. The summed E-state index contributed by atoms with van der Waals surface area (Å²) in [7, 11) is 0. The second-order valence-electron chi connectivity index (χ2n) is 6.10. The van der Waals surface area contributed by atoms with E-state index in [2.05, 4.69) is 32.0 Å². The molecule has 1 N–H and O–H groups in total. The Morgan fingerprint density at radius 2 is 1.69 bits per heavy atom. The number of aryl methyl sites for hydroxylation is 1. The average molecular weight is 218 g/mol. The Morgan fingerprint density at radius 3 is 2.44 bits per heavy atom. The number of hydrogen-bond donors (Lipinski definition) is 1. The van der Waals surface area contributed by atoms with Crippen LogP contribution in [0.1, 0.15) is 51.2 Å². The van der Waals surface area contributed by atoms with Crippen molar-refractivity contribution < 1.29 is 5.11 Å². The summed E-state index contributed by atoms with van der Waals surface area (Å²) in [5.41, 5.74) is 2.14. The van der Waals surface area contributed by atoms with Crippen LogP contribution in [0.4, 0.5) is 0 Å². The lowest BCUT2D eigenvalue weighted by atomic mass is 9.73. The molecule has 0 fully saturated rings. The lowest BCUT2D eigenvalue weighted by Crippen LogP contribution is -2.28. The maximum atomic E-state index is 10.6. The fraction of sp³-hybridized carbons (Fsp3) is 0.600. The van der Waals surface area contributed by atoms with E-state index in [9.17, 15) is 5.11 Å². The predicted molar refractivity (Wildman–Crippen MR) is 67.3 cm³/mol. The fourth-order valence-corrected chi connectivity index (χ4v) is 2.58. The van der Waals surface area contributed by atoms with E-state index in [0.717, 1.165) is 24.8 Å². The number of aliphatic hydroxyl groups is 1. The van der Waals surface area contributed by atoms with Crippen LogP contribution in [0.15, 0.2) is 24.3 Å². The van der Waals surface area contributed by atoms with Gasteiger partial charge in [0.25, 0.3) is 0 Å². The highest BCUT2D eigenvalue weighted by Gasteiger charge is 2.31. The first-order chi connectivity index (χ1) is 7.41. The third-order valence-corrected chi connectivity index (χ3v) is 3.96. The number of benzene rings is 1. The van der Waals surface area contributed by atoms with Gasteiger partial charge in [0.05, 0.1) is 5.60 Å². The summed E-state index contributed by atoms with van der Waals surface area (Å²) in [4.78, 5) is 0. The van der Waals surface area contributed by atoms with E-state index >= 15 is 0 Å². The molecule has 1 unspecified atom stereocenters. The van der Waals surface area contributed by atoms with Crippen LogP contribution < -0.4 is 0 Å². The molecule has 0 amide bonds. The van der Waals surface area contributed by atoms with E-state index in [-0.39, 0.29) is 0 Å². The van der Waals surface area contributed by atoms with E-state index in [1.54, 1.807) is 0 Å². The SMILES string of the molecule is CC1(C)CCc2ccccc2C(C)(O)CC1. The van der Waals surface area contributed by atoms with E-state index in [1.807, 2.05) is 13.0 Å². The number of fused-ring (bicyclic) bond motifs is 1. The summed E-state index contributed by atoms with van der Waals surface area (Å²) in [5.74, 6) is 0. The molecule has 0 saturated heterocycles. The maximum absolute atomic E-state index is 10.6. The second kappa shape index (κ2) is 3.89. The lowest BCUT2D eigenvalue weighted by Gasteiger charge is -2.35. The Labute approximate surface area is 98.5 Å². The molecule has 0 saturated carbocycles. The highest BCUT2D eigenvalue weighted by molar-refractivity contribution is 5.32. The van der Waals surface area contributed by atoms with Gasteiger partial charge in [-0.15, -0.1) is 0 Å². The van der Waals surface area contributed by atoms with Crippen LogP contribution in [-0.2, 0) is 12.0 Å². The summed E-state index contributed by atoms with van der Waals surface area (Å²) >= 11 is 0. The van der Waals surface area contributed by atoms with Gasteiger partial charge in [0.1, 0.15) is 0 Å². The van der Waals surface area contributed by atoms with Crippen LogP contribution in [-0.4, -0.2) is 5.11 Å². The molecule has 16 heavy (non-hydrogen) atoms. The minimum absolute atomic E-state index is 0.345. The van der Waals surface area contributed by atoms with Crippen LogP contribution in [0.2, 0.25) is 0 Å². The summed E-state index contributed by atoms with van der Waals surface area (Å²) in [5, 5.41) is 10.6. The third kappa shape index (κ3) is 2.30. The Balaban J connectivity index is 2.40. The Morgan fingerprint density at radius 1 is 1.00 bits per heavy atom. The number of hydrogen-bond acceptors (Lipinski definition) is 1. The molecule has 1 atom stereocenters. The van der Waals surface area contributed by atoms with Crippen molar-refractivity contribution in [2.24, 2.45) is 5.41 Å². The third-order valence-electron chi connectivity index (χ3n) is 3.96. The van der Waals surface area contributed by atoms with Gasteiger partial charge in [-0.1, -0.05) is 38.1 Å². The van der Waals surface area contributed by atoms with Gasteiger partial charge in [-0.3, -0.25) is 0 Å². The van der Waals surface area contributed by atoms with Gasteiger partial charge in [0.2, 0.25) is 0 Å². The minimum atomic E-state index is -0.658. The van der Waals surface area contributed by atoms with Crippen LogP contribution >= 0.6 is 0 Å². The summed E-state index contributed by atoms with van der Waals surface area (Å²) in [6.07, 6.45) is 4.24. The lowest BCUT2D eigenvalue weighted by molar-refractivity contribution is 0.0289. The van der Waals surface area contributed by atoms with Crippen LogP contribution in [0.5, 0.6) is 0 Å². The van der Waals surface area contributed by atoms with Gasteiger partial charge in [0.15, 0.2) is 0 Å². The topological polar surface area (TPSA) is 20.2 Å². The van der Waals surface area contributed by atoms with Crippen molar-refractivity contribution in [3.8, 4) is 0 Å². The van der Waals surface area contributed by atoms with Crippen LogP contribution in [0.25, 0.3) is 0 Å². The highest BCUT2D eigenvalue weighted by atomic mass is 16.3. The normalized spacial score (nSPS) is 29.0. The van der Waals surface area contributed by atoms with E-state index in [1.165, 1.54) is 12.0 Å². The maximum Gasteiger partial charge on any atom is 0.0871 e. The standard InChI is InChI=1S/C15H22O/c1-14(2)9-8-12-6-4-5-7-13(12)15(3,16)11-10-14/h4-7,16H,8-11H2,1-3H3. The van der Waals surface area contributed by atoms with E-state index in [4.69, 9.17) is 0 Å². The van der Waals surface area contributed by atoms with Crippen LogP contribution in [0.3, 0.4) is 0 Å². The van der Waals surface area contributed by atoms with Crippen molar-refractivity contribution in [1.29, 1.82) is 0 Å². The van der Waals surface area contributed by atoms with E-state index in [0.29, 0.717) is 5.41 Å². The first kappa shape index (κ1) is 11.7. The molecule has 0 heterocycles. The molecule has 1 nitrogen and oxygen atoms in total. The molecule has 0 bridgehead atoms.